The Morgan fingerprint density at radius 2 is 1.37 bits per heavy atom. The zero-order valence-corrected chi connectivity index (χ0v) is 27.1. The lowest BCUT2D eigenvalue weighted by molar-refractivity contribution is -0.144. The first-order chi connectivity index (χ1) is 17.0. The van der Waals surface area contributed by atoms with Crippen LogP contribution < -0.4 is 0 Å². The predicted molar refractivity (Wildman–Crippen MR) is 170 cm³/mol. The van der Waals surface area contributed by atoms with Crippen molar-refractivity contribution in [3.63, 3.8) is 0 Å². The van der Waals surface area contributed by atoms with Gasteiger partial charge >= 0.3 is 11.9 Å². The molecule has 1 aromatic rings. The molecule has 1 rings (SSSR count). The molecule has 0 amide bonds. The summed E-state index contributed by atoms with van der Waals surface area (Å²) < 4.78 is 13.5. The molecule has 0 heterocycles. The third-order valence-corrected chi connectivity index (χ3v) is 8.69. The Labute approximate surface area is 252 Å². The fraction of sp³-hybridized carbons (Fsp3) is 0.500. The Morgan fingerprint density at radius 3 is 2.03 bits per heavy atom. The lowest BCUT2D eigenvalue weighted by Crippen LogP contribution is -2.12. The topological polar surface area (TPSA) is 52.6 Å². The predicted octanol–water partition coefficient (Wildman–Crippen LogP) is 9.18. The quantitative estimate of drug-likeness (QED) is 0.0488. The molecule has 1 aromatic carbocycles. The van der Waals surface area contributed by atoms with Crippen molar-refractivity contribution < 1.29 is 19.1 Å². The molecule has 0 fully saturated rings. The average molecular weight is 818 g/mol. The van der Waals surface area contributed by atoms with Gasteiger partial charge in [0, 0.05) is 23.6 Å². The summed E-state index contributed by atoms with van der Waals surface area (Å²) in [7, 11) is 0. The van der Waals surface area contributed by atoms with E-state index in [0.29, 0.717) is 18.4 Å². The van der Waals surface area contributed by atoms with Crippen molar-refractivity contribution in [3.05, 3.63) is 64.9 Å². The number of hydrogen-bond acceptors (Lipinski definition) is 4. The largest absolute Gasteiger partial charge is 0.466 e. The molecule has 0 radical (unpaired) electrons. The summed E-state index contributed by atoms with van der Waals surface area (Å²) in [5.41, 5.74) is 0.578. The smallest absolute Gasteiger partial charge is 0.339 e. The minimum Gasteiger partial charge on any atom is -0.466 e. The number of allylic oxidation sites excluding steroid dienone is 6. The van der Waals surface area contributed by atoms with Crippen molar-refractivity contribution in [3.8, 4) is 0 Å². The van der Waals surface area contributed by atoms with Gasteiger partial charge in [0.25, 0.3) is 0 Å². The summed E-state index contributed by atoms with van der Waals surface area (Å²) in [5, 5.41) is 0. The van der Waals surface area contributed by atoms with E-state index in [4.69, 9.17) is 9.47 Å². The van der Waals surface area contributed by atoms with Crippen LogP contribution in [0.4, 0.5) is 0 Å². The second kappa shape index (κ2) is 21.6. The first kappa shape index (κ1) is 32.6. The second-order valence-electron chi connectivity index (χ2n) is 8.09. The number of carbonyl (C=O) groups excluding carboxylic acids is 2. The van der Waals surface area contributed by atoms with Crippen LogP contribution in [0.5, 0.6) is 0 Å². The molecule has 0 N–H and O–H groups in total. The molecule has 0 spiro atoms. The molecule has 0 saturated heterocycles. The fourth-order valence-corrected chi connectivity index (χ4v) is 5.46. The van der Waals surface area contributed by atoms with Crippen LogP contribution in [0.25, 0.3) is 0 Å². The first-order valence-corrected chi connectivity index (χ1v) is 15.6. The van der Waals surface area contributed by atoms with Gasteiger partial charge in [0.15, 0.2) is 0 Å². The first-order valence-electron chi connectivity index (χ1n) is 12.4. The number of unbranched alkanes of at least 4 members (excludes halogenated alkanes) is 5. The Bertz CT molecular complexity index is 847. The maximum atomic E-state index is 12.3. The highest BCUT2D eigenvalue weighted by Crippen LogP contribution is 2.23. The van der Waals surface area contributed by atoms with Crippen molar-refractivity contribution in [1.82, 2.24) is 0 Å². The zero-order valence-electron chi connectivity index (χ0n) is 20.6. The number of rotatable bonds is 18. The van der Waals surface area contributed by atoms with E-state index in [9.17, 15) is 9.59 Å². The SMILES string of the molecule is CCCCCC=CCC=CCC=CCCCCC(=O)OCCCOC(=O)c1cc(I)cc(I)c1I. The van der Waals surface area contributed by atoms with Crippen LogP contribution in [0.3, 0.4) is 0 Å². The number of ether oxygens (including phenoxy) is 2. The van der Waals surface area contributed by atoms with E-state index in [0.717, 1.165) is 42.8 Å². The normalized spacial score (nSPS) is 11.7. The zero-order chi connectivity index (χ0) is 25.7. The summed E-state index contributed by atoms with van der Waals surface area (Å²) >= 11 is 6.56. The molecule has 0 bridgehead atoms. The van der Waals surface area contributed by atoms with Crippen LogP contribution in [0.15, 0.2) is 48.6 Å². The lowest BCUT2D eigenvalue weighted by atomic mass is 10.1. The van der Waals surface area contributed by atoms with E-state index >= 15 is 0 Å². The summed E-state index contributed by atoms with van der Waals surface area (Å²) in [5.74, 6) is -0.525. The van der Waals surface area contributed by atoms with Crippen LogP contribution >= 0.6 is 67.8 Å². The van der Waals surface area contributed by atoms with E-state index in [-0.39, 0.29) is 25.2 Å². The van der Waals surface area contributed by atoms with Crippen molar-refractivity contribution in [1.29, 1.82) is 0 Å². The van der Waals surface area contributed by atoms with Gasteiger partial charge in [0.1, 0.15) is 0 Å². The van der Waals surface area contributed by atoms with E-state index in [1.165, 1.54) is 25.7 Å². The summed E-state index contributed by atoms with van der Waals surface area (Å²) in [6, 6.07) is 3.84. The molecular weight excluding hydrogens is 781 g/mol. The van der Waals surface area contributed by atoms with Gasteiger partial charge in [0.05, 0.1) is 18.8 Å². The van der Waals surface area contributed by atoms with Crippen LogP contribution in [0.2, 0.25) is 0 Å². The summed E-state index contributed by atoms with van der Waals surface area (Å²) in [4.78, 5) is 24.1. The van der Waals surface area contributed by atoms with Gasteiger partial charge in [-0.1, -0.05) is 56.2 Å². The summed E-state index contributed by atoms with van der Waals surface area (Å²) in [6.07, 6.45) is 24.0. The van der Waals surface area contributed by atoms with Crippen LogP contribution in [-0.4, -0.2) is 25.2 Å². The van der Waals surface area contributed by atoms with Crippen molar-refractivity contribution in [2.24, 2.45) is 0 Å². The molecule has 0 aliphatic carbocycles. The highest BCUT2D eigenvalue weighted by atomic mass is 127. The standard InChI is InChI=1S/C28H37I3O4/c1-2-3-4-5-6-7-8-9-10-11-12-13-14-15-16-18-26(32)34-19-17-20-35-28(33)24-21-23(29)22-25(30)27(24)31/h6-7,9-10,12-13,21-22H,2-5,8,11,14-20H2,1H3. The van der Waals surface area contributed by atoms with Gasteiger partial charge in [0.2, 0.25) is 0 Å². The Kier molecular flexibility index (Phi) is 20.2. The summed E-state index contributed by atoms with van der Waals surface area (Å²) in [6.45, 7) is 2.74. The molecule has 0 saturated carbocycles. The number of halogens is 3. The van der Waals surface area contributed by atoms with E-state index in [1.54, 1.807) is 0 Å². The van der Waals surface area contributed by atoms with Crippen LogP contribution in [-0.2, 0) is 14.3 Å². The minimum atomic E-state index is -0.338. The number of benzene rings is 1. The molecule has 0 aromatic heterocycles. The molecule has 0 unspecified atom stereocenters. The Hall–Kier alpha value is -0.430. The minimum absolute atomic E-state index is 0.187. The number of esters is 2. The van der Waals surface area contributed by atoms with E-state index in [1.807, 2.05) is 12.1 Å². The molecule has 0 atom stereocenters. The Balaban J connectivity index is 2.01. The van der Waals surface area contributed by atoms with Crippen LogP contribution in [0, 0.1) is 10.7 Å². The highest BCUT2D eigenvalue weighted by molar-refractivity contribution is 14.1. The van der Waals surface area contributed by atoms with Crippen molar-refractivity contribution in [2.75, 3.05) is 13.2 Å². The number of carbonyl (C=O) groups is 2. The number of hydrogen-bond donors (Lipinski definition) is 0. The molecule has 0 aliphatic rings. The van der Waals surface area contributed by atoms with E-state index in [2.05, 4.69) is 111 Å². The molecule has 4 nitrogen and oxygen atoms in total. The monoisotopic (exact) mass is 818 g/mol. The van der Waals surface area contributed by atoms with Gasteiger partial charge in [-0.3, -0.25) is 4.79 Å². The third kappa shape index (κ3) is 16.8. The molecule has 194 valence electrons. The van der Waals surface area contributed by atoms with Gasteiger partial charge in [-0.15, -0.1) is 0 Å². The molecule has 35 heavy (non-hydrogen) atoms. The van der Waals surface area contributed by atoms with Gasteiger partial charge < -0.3 is 9.47 Å². The highest BCUT2D eigenvalue weighted by Gasteiger charge is 2.15. The van der Waals surface area contributed by atoms with Gasteiger partial charge in [-0.25, -0.2) is 4.79 Å². The average Bonchev–Trinajstić information content (AvgIpc) is 2.83. The maximum Gasteiger partial charge on any atom is 0.339 e. The van der Waals surface area contributed by atoms with Crippen LogP contribution in [0.1, 0.15) is 87.9 Å². The molecule has 0 aliphatic heterocycles. The maximum absolute atomic E-state index is 12.3. The van der Waals surface area contributed by atoms with Gasteiger partial charge in [-0.2, -0.15) is 0 Å². The third-order valence-electron chi connectivity index (χ3n) is 5.02. The van der Waals surface area contributed by atoms with E-state index < -0.39 is 0 Å². The fourth-order valence-electron chi connectivity index (χ4n) is 3.09. The second-order valence-corrected chi connectivity index (χ2v) is 11.6. The Morgan fingerprint density at radius 1 is 0.771 bits per heavy atom. The molecular formula is C28H37I3O4. The lowest BCUT2D eigenvalue weighted by Gasteiger charge is -2.09. The molecule has 7 heteroatoms. The van der Waals surface area contributed by atoms with Gasteiger partial charge in [-0.05, 0) is 125 Å². The van der Waals surface area contributed by atoms with Crippen molar-refractivity contribution >= 4 is 79.7 Å². The van der Waals surface area contributed by atoms with Crippen molar-refractivity contribution in [2.45, 2.75) is 77.6 Å².